The van der Waals surface area contributed by atoms with E-state index in [1.165, 1.54) is 37.4 Å². The van der Waals surface area contributed by atoms with Crippen LogP contribution >= 0.6 is 0 Å². The summed E-state index contributed by atoms with van der Waals surface area (Å²) in [6.07, 6.45) is 1.30. The van der Waals surface area contributed by atoms with Crippen molar-refractivity contribution < 1.29 is 24.3 Å². The first-order chi connectivity index (χ1) is 15.8. The third-order valence-electron chi connectivity index (χ3n) is 5.20. The second kappa shape index (κ2) is 8.49. The summed E-state index contributed by atoms with van der Waals surface area (Å²) < 4.78 is 11.9. The largest absolute Gasteiger partial charge is 0.500 e. The number of para-hydroxylation sites is 2. The molecule has 12 heteroatoms. The lowest BCUT2D eigenvalue weighted by Gasteiger charge is -2.29. The number of rotatable bonds is 6. The highest BCUT2D eigenvalue weighted by atomic mass is 16.6. The Morgan fingerprint density at radius 2 is 1.97 bits per heavy atom. The van der Waals surface area contributed by atoms with Crippen molar-refractivity contribution in [1.29, 1.82) is 0 Å². The molecule has 0 aliphatic carbocycles. The molecule has 33 heavy (non-hydrogen) atoms. The van der Waals surface area contributed by atoms with Gasteiger partial charge in [0, 0.05) is 11.8 Å². The Morgan fingerprint density at radius 3 is 2.67 bits per heavy atom. The average Bonchev–Trinajstić information content (AvgIpc) is 3.26. The van der Waals surface area contributed by atoms with E-state index in [9.17, 15) is 20.0 Å². The first-order valence-corrected chi connectivity index (χ1v) is 9.72. The van der Waals surface area contributed by atoms with Gasteiger partial charge in [0.05, 0.1) is 30.4 Å². The van der Waals surface area contributed by atoms with Gasteiger partial charge in [0.2, 0.25) is 11.7 Å². The summed E-state index contributed by atoms with van der Waals surface area (Å²) in [6.45, 7) is 1.69. The Balaban J connectivity index is 1.86. The summed E-state index contributed by atoms with van der Waals surface area (Å²) in [5, 5.41) is 31.8. The van der Waals surface area contributed by atoms with Crippen molar-refractivity contribution >= 4 is 23.2 Å². The molecule has 1 atom stereocenters. The Kier molecular flexibility index (Phi) is 5.56. The number of hydrogen-bond acceptors (Lipinski definition) is 9. The van der Waals surface area contributed by atoms with Gasteiger partial charge in [0.25, 0.3) is 5.91 Å². The highest BCUT2D eigenvalue weighted by molar-refractivity contribution is 6.06. The number of fused-ring (bicyclic) bond motifs is 1. The zero-order valence-corrected chi connectivity index (χ0v) is 17.9. The van der Waals surface area contributed by atoms with Crippen LogP contribution in [-0.2, 0) is 4.79 Å². The first kappa shape index (κ1) is 21.6. The van der Waals surface area contributed by atoms with Crippen molar-refractivity contribution in [3.05, 3.63) is 69.7 Å². The highest BCUT2D eigenvalue weighted by Gasteiger charge is 2.36. The maximum absolute atomic E-state index is 13.5. The molecule has 3 N–H and O–H groups in total. The minimum absolute atomic E-state index is 0.110. The molecule has 2 heterocycles. The number of phenols is 1. The van der Waals surface area contributed by atoms with Gasteiger partial charge in [0.15, 0.2) is 5.75 Å². The monoisotopic (exact) mass is 452 g/mol. The van der Waals surface area contributed by atoms with Crippen molar-refractivity contribution in [2.45, 2.75) is 13.0 Å². The van der Waals surface area contributed by atoms with Crippen molar-refractivity contribution in [3.63, 3.8) is 0 Å². The lowest BCUT2D eigenvalue weighted by atomic mass is 9.94. The SMILES string of the molecule is COc1ccccc1NC(=O)C1=C(C)Nc2ncnn2[C@@H]1c1cc(OC)c(O)c([N+](=O)[O-])c1. The number of nitro benzene ring substituents is 1. The van der Waals surface area contributed by atoms with Gasteiger partial charge in [-0.05, 0) is 30.7 Å². The third-order valence-corrected chi connectivity index (χ3v) is 5.20. The van der Waals surface area contributed by atoms with E-state index in [2.05, 4.69) is 20.7 Å². The number of aromatic hydroxyl groups is 1. The number of allylic oxidation sites excluding steroid dienone is 1. The Labute approximate surface area is 187 Å². The van der Waals surface area contributed by atoms with Gasteiger partial charge in [-0.15, -0.1) is 0 Å². The second-order valence-corrected chi connectivity index (χ2v) is 7.10. The summed E-state index contributed by atoms with van der Waals surface area (Å²) in [7, 11) is 2.77. The standard InChI is InChI=1S/C21H20N6O6/c1-11-17(20(29)25-13-6-4-5-7-15(13)32-2)18(26-21(24-11)22-10-23-26)12-8-14(27(30)31)19(28)16(9-12)33-3/h4-10,18,28H,1-3H3,(H,25,29)(H,22,23,24)/t18-/m1/s1. The molecule has 1 aliphatic rings. The number of nitrogens with one attached hydrogen (secondary N) is 2. The van der Waals surface area contributed by atoms with E-state index in [0.717, 1.165) is 0 Å². The number of amides is 1. The molecule has 0 saturated heterocycles. The number of phenolic OH excluding ortho intramolecular Hbond substituents is 1. The molecule has 3 aromatic rings. The smallest absolute Gasteiger partial charge is 0.315 e. The molecule has 0 unspecified atom stereocenters. The van der Waals surface area contributed by atoms with Crippen molar-refractivity contribution in [1.82, 2.24) is 14.8 Å². The second-order valence-electron chi connectivity index (χ2n) is 7.10. The molecule has 4 rings (SSSR count). The summed E-state index contributed by atoms with van der Waals surface area (Å²) in [5.41, 5.74) is 0.895. The summed E-state index contributed by atoms with van der Waals surface area (Å²) in [6, 6.07) is 8.63. The van der Waals surface area contributed by atoms with E-state index < -0.39 is 28.3 Å². The van der Waals surface area contributed by atoms with E-state index in [-0.39, 0.29) is 11.3 Å². The van der Waals surface area contributed by atoms with Crippen LogP contribution in [-0.4, -0.2) is 44.9 Å². The summed E-state index contributed by atoms with van der Waals surface area (Å²) in [5.74, 6) is -0.388. The average molecular weight is 452 g/mol. The Bertz CT molecular complexity index is 1280. The maximum Gasteiger partial charge on any atom is 0.315 e. The first-order valence-electron chi connectivity index (χ1n) is 9.72. The fourth-order valence-electron chi connectivity index (χ4n) is 3.70. The zero-order chi connectivity index (χ0) is 23.7. The van der Waals surface area contributed by atoms with Crippen molar-refractivity contribution in [2.75, 3.05) is 24.9 Å². The van der Waals surface area contributed by atoms with Crippen molar-refractivity contribution in [2.24, 2.45) is 0 Å². The lowest BCUT2D eigenvalue weighted by Crippen LogP contribution is -2.31. The molecule has 2 aromatic carbocycles. The molecule has 0 saturated carbocycles. The van der Waals surface area contributed by atoms with Gasteiger partial charge in [-0.1, -0.05) is 12.1 Å². The molecule has 170 valence electrons. The number of methoxy groups -OCH3 is 2. The summed E-state index contributed by atoms with van der Waals surface area (Å²) >= 11 is 0. The van der Waals surface area contributed by atoms with E-state index >= 15 is 0 Å². The van der Waals surface area contributed by atoms with Crippen LogP contribution in [0.4, 0.5) is 17.3 Å². The molecular formula is C21H20N6O6. The van der Waals surface area contributed by atoms with Crippen LogP contribution in [0.2, 0.25) is 0 Å². The topological polar surface area (TPSA) is 154 Å². The maximum atomic E-state index is 13.5. The number of benzene rings is 2. The molecule has 0 spiro atoms. The predicted molar refractivity (Wildman–Crippen MR) is 117 cm³/mol. The highest BCUT2D eigenvalue weighted by Crippen LogP contribution is 2.43. The van der Waals surface area contributed by atoms with Gasteiger partial charge in [-0.25, -0.2) is 4.68 Å². The van der Waals surface area contributed by atoms with Crippen LogP contribution in [0.15, 0.2) is 54.0 Å². The predicted octanol–water partition coefficient (Wildman–Crippen LogP) is 2.84. The van der Waals surface area contributed by atoms with Crippen LogP contribution in [0.1, 0.15) is 18.5 Å². The molecule has 12 nitrogen and oxygen atoms in total. The van der Waals surface area contributed by atoms with Crippen LogP contribution in [0.5, 0.6) is 17.2 Å². The van der Waals surface area contributed by atoms with E-state index in [1.54, 1.807) is 31.2 Å². The van der Waals surface area contributed by atoms with Gasteiger partial charge in [0.1, 0.15) is 18.1 Å². The number of aromatic nitrogens is 3. The lowest BCUT2D eigenvalue weighted by molar-refractivity contribution is -0.386. The van der Waals surface area contributed by atoms with Crippen LogP contribution in [0.25, 0.3) is 0 Å². The van der Waals surface area contributed by atoms with Crippen LogP contribution < -0.4 is 20.1 Å². The number of nitrogens with zero attached hydrogens (tertiary/aromatic N) is 4. The van der Waals surface area contributed by atoms with Crippen molar-refractivity contribution in [3.8, 4) is 17.2 Å². The van der Waals surface area contributed by atoms with Gasteiger partial charge < -0.3 is 25.2 Å². The summed E-state index contributed by atoms with van der Waals surface area (Å²) in [4.78, 5) is 28.4. The van der Waals surface area contributed by atoms with Gasteiger partial charge >= 0.3 is 5.69 Å². The molecule has 0 bridgehead atoms. The molecular weight excluding hydrogens is 432 g/mol. The normalized spacial score (nSPS) is 14.8. The number of carbonyl (C=O) groups excluding carboxylic acids is 1. The molecule has 1 aliphatic heterocycles. The fourth-order valence-corrected chi connectivity index (χ4v) is 3.70. The molecule has 1 amide bonds. The minimum atomic E-state index is -0.897. The quantitative estimate of drug-likeness (QED) is 0.378. The molecule has 0 radical (unpaired) electrons. The number of anilines is 2. The minimum Gasteiger partial charge on any atom is -0.500 e. The number of hydrogen-bond donors (Lipinski definition) is 3. The van der Waals surface area contributed by atoms with Gasteiger partial charge in [-0.2, -0.15) is 10.1 Å². The fraction of sp³-hybridized carbons (Fsp3) is 0.190. The van der Waals surface area contributed by atoms with Gasteiger partial charge in [-0.3, -0.25) is 14.9 Å². The molecule has 0 fully saturated rings. The van der Waals surface area contributed by atoms with E-state index in [0.29, 0.717) is 28.6 Å². The molecule has 1 aromatic heterocycles. The number of nitro groups is 1. The Hall–Kier alpha value is -4.61. The number of ether oxygens (including phenoxy) is 2. The van der Waals surface area contributed by atoms with E-state index in [4.69, 9.17) is 9.47 Å². The van der Waals surface area contributed by atoms with Crippen LogP contribution in [0, 0.1) is 10.1 Å². The van der Waals surface area contributed by atoms with Crippen LogP contribution in [0.3, 0.4) is 0 Å². The Morgan fingerprint density at radius 1 is 1.24 bits per heavy atom. The van der Waals surface area contributed by atoms with E-state index in [1.807, 2.05) is 0 Å². The third kappa shape index (κ3) is 3.78. The zero-order valence-electron chi connectivity index (χ0n) is 17.9. The number of carbonyl (C=O) groups is 1.